The minimum atomic E-state index is -0.000706. The molecule has 0 aliphatic heterocycles. The van der Waals surface area contributed by atoms with Gasteiger partial charge in [0.15, 0.2) is 0 Å². The first kappa shape index (κ1) is 14.9. The first-order chi connectivity index (χ1) is 8.42. The maximum Gasteiger partial charge on any atom is 0.239 e. The minimum Gasteiger partial charge on any atom is -0.352 e. The Labute approximate surface area is 116 Å². The average Bonchev–Trinajstić information content (AvgIpc) is 2.23. The standard InChI is InChI=1S/C12H19BrN4O/c1-5-17(7-12(18)14-8(2)3)11-6-10(13)15-9(4)16-11/h6,8H,5,7H2,1-4H3,(H,14,18). The predicted molar refractivity (Wildman–Crippen MR) is 75.6 cm³/mol. The Hall–Kier alpha value is -1.17. The van der Waals surface area contributed by atoms with Crippen molar-refractivity contribution >= 4 is 27.7 Å². The zero-order valence-corrected chi connectivity index (χ0v) is 12.8. The summed E-state index contributed by atoms with van der Waals surface area (Å²) in [6, 6.07) is 1.97. The molecular formula is C12H19BrN4O. The molecule has 0 bridgehead atoms. The lowest BCUT2D eigenvalue weighted by atomic mass is 10.3. The van der Waals surface area contributed by atoms with Gasteiger partial charge in [-0.05, 0) is 43.6 Å². The van der Waals surface area contributed by atoms with Crippen LogP contribution in [-0.4, -0.2) is 35.0 Å². The zero-order chi connectivity index (χ0) is 13.7. The number of amides is 1. The normalized spacial score (nSPS) is 10.6. The molecule has 0 saturated carbocycles. The SMILES string of the molecule is CCN(CC(=O)NC(C)C)c1cc(Br)nc(C)n1. The molecule has 0 saturated heterocycles. The Kier molecular flexibility index (Phi) is 5.53. The highest BCUT2D eigenvalue weighted by atomic mass is 79.9. The van der Waals surface area contributed by atoms with E-state index in [0.717, 1.165) is 10.4 Å². The number of hydrogen-bond donors (Lipinski definition) is 1. The molecule has 6 heteroatoms. The second kappa shape index (κ2) is 6.68. The van der Waals surface area contributed by atoms with E-state index in [1.54, 1.807) is 0 Å². The molecule has 1 aromatic heterocycles. The van der Waals surface area contributed by atoms with E-state index in [1.807, 2.05) is 38.7 Å². The zero-order valence-electron chi connectivity index (χ0n) is 11.2. The highest BCUT2D eigenvalue weighted by Gasteiger charge is 2.13. The van der Waals surface area contributed by atoms with E-state index in [4.69, 9.17) is 0 Å². The van der Waals surface area contributed by atoms with Gasteiger partial charge in [-0.3, -0.25) is 4.79 Å². The number of nitrogens with zero attached hydrogens (tertiary/aromatic N) is 3. The van der Waals surface area contributed by atoms with Crippen molar-refractivity contribution in [3.05, 3.63) is 16.5 Å². The predicted octanol–water partition coefficient (Wildman–Crippen LogP) is 1.90. The van der Waals surface area contributed by atoms with Gasteiger partial charge < -0.3 is 10.2 Å². The Balaban J connectivity index is 2.79. The molecule has 0 fully saturated rings. The van der Waals surface area contributed by atoms with Gasteiger partial charge >= 0.3 is 0 Å². The molecule has 0 spiro atoms. The fourth-order valence-corrected chi connectivity index (χ4v) is 2.04. The lowest BCUT2D eigenvalue weighted by Gasteiger charge is -2.22. The summed E-state index contributed by atoms with van der Waals surface area (Å²) in [5.74, 6) is 1.44. The first-order valence-corrected chi connectivity index (χ1v) is 6.77. The molecule has 0 unspecified atom stereocenters. The molecule has 1 heterocycles. The quantitative estimate of drug-likeness (QED) is 0.843. The van der Waals surface area contributed by atoms with Crippen LogP contribution in [0.3, 0.4) is 0 Å². The second-order valence-electron chi connectivity index (χ2n) is 4.33. The van der Waals surface area contributed by atoms with Crippen molar-refractivity contribution in [1.82, 2.24) is 15.3 Å². The van der Waals surface area contributed by atoms with Crippen LogP contribution in [-0.2, 0) is 4.79 Å². The Morgan fingerprint density at radius 3 is 2.67 bits per heavy atom. The van der Waals surface area contributed by atoms with Crippen LogP contribution in [0.1, 0.15) is 26.6 Å². The number of likely N-dealkylation sites (N-methyl/N-ethyl adjacent to an activating group) is 1. The number of anilines is 1. The molecule has 100 valence electrons. The van der Waals surface area contributed by atoms with Gasteiger partial charge in [0.1, 0.15) is 16.2 Å². The molecule has 1 rings (SSSR count). The van der Waals surface area contributed by atoms with Gasteiger partial charge in [-0.1, -0.05) is 0 Å². The number of aromatic nitrogens is 2. The van der Waals surface area contributed by atoms with E-state index in [2.05, 4.69) is 31.2 Å². The average molecular weight is 315 g/mol. The third kappa shape index (κ3) is 4.60. The minimum absolute atomic E-state index is 0.000706. The van der Waals surface area contributed by atoms with Crippen LogP contribution in [0.2, 0.25) is 0 Å². The van der Waals surface area contributed by atoms with Crippen molar-refractivity contribution in [1.29, 1.82) is 0 Å². The molecule has 18 heavy (non-hydrogen) atoms. The lowest BCUT2D eigenvalue weighted by Crippen LogP contribution is -2.40. The van der Waals surface area contributed by atoms with E-state index in [0.29, 0.717) is 18.9 Å². The number of nitrogens with one attached hydrogen (secondary N) is 1. The fraction of sp³-hybridized carbons (Fsp3) is 0.583. The van der Waals surface area contributed by atoms with Crippen LogP contribution in [0, 0.1) is 6.92 Å². The Morgan fingerprint density at radius 1 is 1.50 bits per heavy atom. The van der Waals surface area contributed by atoms with Gasteiger partial charge in [0.25, 0.3) is 0 Å². The summed E-state index contributed by atoms with van der Waals surface area (Å²) in [6.07, 6.45) is 0. The molecule has 1 amide bonds. The highest BCUT2D eigenvalue weighted by Crippen LogP contribution is 2.16. The van der Waals surface area contributed by atoms with Gasteiger partial charge in [0, 0.05) is 18.7 Å². The number of halogens is 1. The van der Waals surface area contributed by atoms with Crippen LogP contribution in [0.15, 0.2) is 10.7 Å². The summed E-state index contributed by atoms with van der Waals surface area (Å²) in [4.78, 5) is 22.2. The number of aryl methyl sites for hydroxylation is 1. The second-order valence-corrected chi connectivity index (χ2v) is 5.14. The van der Waals surface area contributed by atoms with E-state index in [-0.39, 0.29) is 11.9 Å². The smallest absolute Gasteiger partial charge is 0.239 e. The fourth-order valence-electron chi connectivity index (χ4n) is 1.57. The van der Waals surface area contributed by atoms with Crippen molar-refractivity contribution in [3.63, 3.8) is 0 Å². The van der Waals surface area contributed by atoms with Crippen molar-refractivity contribution in [3.8, 4) is 0 Å². The van der Waals surface area contributed by atoms with E-state index < -0.39 is 0 Å². The highest BCUT2D eigenvalue weighted by molar-refractivity contribution is 9.10. The van der Waals surface area contributed by atoms with Crippen molar-refractivity contribution in [2.75, 3.05) is 18.0 Å². The molecule has 1 N–H and O–H groups in total. The van der Waals surface area contributed by atoms with Gasteiger partial charge in [0.05, 0.1) is 6.54 Å². The molecule has 0 aromatic carbocycles. The van der Waals surface area contributed by atoms with Crippen LogP contribution in [0.5, 0.6) is 0 Å². The summed E-state index contributed by atoms with van der Waals surface area (Å²) in [5, 5.41) is 2.87. The molecule has 0 atom stereocenters. The van der Waals surface area contributed by atoms with Gasteiger partial charge in [-0.15, -0.1) is 0 Å². The van der Waals surface area contributed by atoms with Crippen LogP contribution >= 0.6 is 15.9 Å². The number of hydrogen-bond acceptors (Lipinski definition) is 4. The molecule has 5 nitrogen and oxygen atoms in total. The number of rotatable bonds is 5. The van der Waals surface area contributed by atoms with E-state index >= 15 is 0 Å². The van der Waals surface area contributed by atoms with Crippen LogP contribution in [0.4, 0.5) is 5.82 Å². The van der Waals surface area contributed by atoms with Gasteiger partial charge in [0.2, 0.25) is 5.91 Å². The van der Waals surface area contributed by atoms with E-state index in [1.165, 1.54) is 0 Å². The molecule has 0 aliphatic carbocycles. The van der Waals surface area contributed by atoms with Crippen molar-refractivity contribution < 1.29 is 4.79 Å². The molecule has 0 radical (unpaired) electrons. The summed E-state index contributed by atoms with van der Waals surface area (Å²) in [6.45, 7) is 8.73. The van der Waals surface area contributed by atoms with Crippen molar-refractivity contribution in [2.24, 2.45) is 0 Å². The molecule has 0 aliphatic rings. The topological polar surface area (TPSA) is 58.1 Å². The molecule has 1 aromatic rings. The number of carbonyl (C=O) groups excluding carboxylic acids is 1. The van der Waals surface area contributed by atoms with Gasteiger partial charge in [-0.25, -0.2) is 9.97 Å². The number of carbonyl (C=O) groups is 1. The monoisotopic (exact) mass is 314 g/mol. The van der Waals surface area contributed by atoms with Gasteiger partial charge in [-0.2, -0.15) is 0 Å². The summed E-state index contributed by atoms with van der Waals surface area (Å²) >= 11 is 3.34. The van der Waals surface area contributed by atoms with Crippen LogP contribution in [0.25, 0.3) is 0 Å². The van der Waals surface area contributed by atoms with E-state index in [9.17, 15) is 4.79 Å². The third-order valence-corrected chi connectivity index (χ3v) is 2.69. The Bertz CT molecular complexity index is 402. The summed E-state index contributed by atoms with van der Waals surface area (Å²) in [5.41, 5.74) is 0. The van der Waals surface area contributed by atoms with Crippen LogP contribution < -0.4 is 10.2 Å². The summed E-state index contributed by atoms with van der Waals surface area (Å²) < 4.78 is 0.729. The van der Waals surface area contributed by atoms with Crippen molar-refractivity contribution in [2.45, 2.75) is 33.7 Å². The third-order valence-electron chi connectivity index (χ3n) is 2.28. The lowest BCUT2D eigenvalue weighted by molar-refractivity contribution is -0.120. The Morgan fingerprint density at radius 2 is 2.17 bits per heavy atom. The maximum absolute atomic E-state index is 11.8. The largest absolute Gasteiger partial charge is 0.352 e. The first-order valence-electron chi connectivity index (χ1n) is 5.97. The summed E-state index contributed by atoms with van der Waals surface area (Å²) in [7, 11) is 0. The maximum atomic E-state index is 11.8. The molecular weight excluding hydrogens is 296 g/mol.